The molecule has 15 heavy (non-hydrogen) atoms. The second-order valence-corrected chi connectivity index (χ2v) is 3.44. The van der Waals surface area contributed by atoms with Gasteiger partial charge in [0.1, 0.15) is 5.71 Å². The number of anilines is 1. The summed E-state index contributed by atoms with van der Waals surface area (Å²) >= 11 is 5.90. The fourth-order valence-corrected chi connectivity index (χ4v) is 1.38. The highest BCUT2D eigenvalue weighted by molar-refractivity contribution is 6.38. The van der Waals surface area contributed by atoms with E-state index in [2.05, 4.69) is 10.5 Å². The third-order valence-electron chi connectivity index (χ3n) is 1.99. The Balaban J connectivity index is 2.10. The number of nitrogens with zero attached hydrogens (tertiary/aromatic N) is 1. The number of benzene rings is 1. The van der Waals surface area contributed by atoms with Crippen LogP contribution >= 0.6 is 11.6 Å². The molecule has 0 atom stereocenters. The van der Waals surface area contributed by atoms with Gasteiger partial charge in [-0.05, 0) is 12.1 Å². The van der Waals surface area contributed by atoms with Crippen LogP contribution in [0.15, 0.2) is 29.4 Å². The Morgan fingerprint density at radius 2 is 2.20 bits per heavy atom. The Kier molecular flexibility index (Phi) is 2.87. The lowest BCUT2D eigenvalue weighted by Gasteiger charge is -2.02. The van der Waals surface area contributed by atoms with E-state index < -0.39 is 0 Å². The average molecular weight is 225 g/mol. The van der Waals surface area contributed by atoms with Gasteiger partial charge in [-0.2, -0.15) is 5.10 Å². The highest BCUT2D eigenvalue weighted by Gasteiger charge is 2.20. The molecule has 2 rings (SSSR count). The fraction of sp³-hybridized carbons (Fsp3) is 0.200. The van der Waals surface area contributed by atoms with E-state index in [9.17, 15) is 4.79 Å². The summed E-state index contributed by atoms with van der Waals surface area (Å²) < 4.78 is 4.74. The lowest BCUT2D eigenvalue weighted by molar-refractivity contribution is -0.132. The minimum atomic E-state index is -0.366. The third kappa shape index (κ3) is 2.27. The van der Waals surface area contributed by atoms with E-state index in [1.807, 2.05) is 12.1 Å². The van der Waals surface area contributed by atoms with Crippen LogP contribution in [0.5, 0.6) is 0 Å². The molecule has 0 spiro atoms. The molecule has 1 aliphatic rings. The van der Waals surface area contributed by atoms with Crippen molar-refractivity contribution in [2.24, 2.45) is 5.10 Å². The summed E-state index contributed by atoms with van der Waals surface area (Å²) in [5, 5.41) is 4.51. The number of carbonyl (C=O) groups excluding carboxylic acids is 1. The smallest absolute Gasteiger partial charge is 0.354 e. The average Bonchev–Trinajstić information content (AvgIpc) is 2.63. The molecule has 1 fully saturated rings. The number of cyclic esters (lactones) is 1. The molecule has 1 N–H and O–H groups in total. The molecule has 0 unspecified atom stereocenters. The number of halogens is 1. The molecule has 0 aromatic heterocycles. The number of para-hydroxylation sites is 1. The van der Waals surface area contributed by atoms with E-state index in [1.54, 1.807) is 12.1 Å². The van der Waals surface area contributed by atoms with Crippen LogP contribution in [0.1, 0.15) is 6.42 Å². The van der Waals surface area contributed by atoms with Crippen LogP contribution in [0.4, 0.5) is 5.69 Å². The van der Waals surface area contributed by atoms with Crippen molar-refractivity contribution in [3.63, 3.8) is 0 Å². The third-order valence-corrected chi connectivity index (χ3v) is 2.32. The van der Waals surface area contributed by atoms with Crippen molar-refractivity contribution >= 4 is 29.0 Å². The molecule has 1 aliphatic heterocycles. The molecule has 1 aromatic rings. The van der Waals surface area contributed by atoms with Crippen LogP contribution in [0.2, 0.25) is 5.02 Å². The predicted molar refractivity (Wildman–Crippen MR) is 58.1 cm³/mol. The number of nitrogens with one attached hydrogen (secondary N) is 1. The minimum Gasteiger partial charge on any atom is -0.461 e. The number of hydrazone groups is 1. The normalized spacial score (nSPS) is 17.9. The summed E-state index contributed by atoms with van der Waals surface area (Å²) in [6.07, 6.45) is 0.538. The minimum absolute atomic E-state index is 0.366. The Morgan fingerprint density at radius 1 is 1.40 bits per heavy atom. The Hall–Kier alpha value is -1.55. The van der Waals surface area contributed by atoms with Crippen LogP contribution in [0, 0.1) is 0 Å². The van der Waals surface area contributed by atoms with E-state index in [1.165, 1.54) is 0 Å². The highest BCUT2D eigenvalue weighted by atomic mass is 35.5. The van der Waals surface area contributed by atoms with Gasteiger partial charge in [0.05, 0.1) is 17.3 Å². The Morgan fingerprint density at radius 3 is 2.87 bits per heavy atom. The van der Waals surface area contributed by atoms with Gasteiger partial charge in [0.15, 0.2) is 0 Å². The quantitative estimate of drug-likeness (QED) is 0.618. The van der Waals surface area contributed by atoms with Gasteiger partial charge in [0.2, 0.25) is 0 Å². The first-order chi connectivity index (χ1) is 7.27. The van der Waals surface area contributed by atoms with Gasteiger partial charge in [-0.15, -0.1) is 0 Å². The van der Waals surface area contributed by atoms with Crippen LogP contribution < -0.4 is 5.43 Å². The predicted octanol–water partition coefficient (Wildman–Crippen LogP) is 2.05. The van der Waals surface area contributed by atoms with Crippen molar-refractivity contribution < 1.29 is 9.53 Å². The molecule has 0 radical (unpaired) electrons. The van der Waals surface area contributed by atoms with Crippen molar-refractivity contribution in [3.05, 3.63) is 29.3 Å². The first-order valence-electron chi connectivity index (χ1n) is 4.51. The van der Waals surface area contributed by atoms with Gasteiger partial charge < -0.3 is 4.74 Å². The first kappa shape index (κ1) is 9.98. The molecule has 0 amide bonds. The molecule has 0 aliphatic carbocycles. The summed E-state index contributed by atoms with van der Waals surface area (Å²) in [7, 11) is 0. The van der Waals surface area contributed by atoms with Gasteiger partial charge in [-0.25, -0.2) is 4.79 Å². The zero-order chi connectivity index (χ0) is 10.7. The maximum Gasteiger partial charge on any atom is 0.354 e. The van der Waals surface area contributed by atoms with E-state index >= 15 is 0 Å². The number of hydrogen-bond acceptors (Lipinski definition) is 4. The number of esters is 1. The van der Waals surface area contributed by atoms with Gasteiger partial charge in [0, 0.05) is 6.42 Å². The molecule has 1 saturated heterocycles. The first-order valence-corrected chi connectivity index (χ1v) is 4.89. The van der Waals surface area contributed by atoms with Gasteiger partial charge in [-0.1, -0.05) is 23.7 Å². The molecule has 0 bridgehead atoms. The number of rotatable bonds is 2. The van der Waals surface area contributed by atoms with Crippen LogP contribution in [0.25, 0.3) is 0 Å². The van der Waals surface area contributed by atoms with E-state index in [-0.39, 0.29) is 5.97 Å². The van der Waals surface area contributed by atoms with Gasteiger partial charge in [-0.3, -0.25) is 5.43 Å². The highest BCUT2D eigenvalue weighted by Crippen LogP contribution is 2.20. The molecular formula is C10H9ClN2O2. The summed E-state index contributed by atoms with van der Waals surface area (Å²) in [6.45, 7) is 0.405. The van der Waals surface area contributed by atoms with Crippen molar-refractivity contribution in [3.8, 4) is 0 Å². The van der Waals surface area contributed by atoms with Crippen molar-refractivity contribution in [1.29, 1.82) is 0 Å². The van der Waals surface area contributed by atoms with Crippen LogP contribution in [-0.4, -0.2) is 18.3 Å². The number of hydrogen-bond donors (Lipinski definition) is 1. The van der Waals surface area contributed by atoms with Crippen molar-refractivity contribution in [2.75, 3.05) is 12.0 Å². The molecule has 78 valence electrons. The second-order valence-electron chi connectivity index (χ2n) is 3.04. The van der Waals surface area contributed by atoms with E-state index in [0.717, 1.165) is 0 Å². The van der Waals surface area contributed by atoms with E-state index in [4.69, 9.17) is 16.3 Å². The molecule has 1 aromatic carbocycles. The summed E-state index contributed by atoms with van der Waals surface area (Å²) in [5.41, 5.74) is 3.81. The second kappa shape index (κ2) is 4.31. The van der Waals surface area contributed by atoms with E-state index in [0.29, 0.717) is 29.4 Å². The molecule has 5 heteroatoms. The van der Waals surface area contributed by atoms with Crippen molar-refractivity contribution in [2.45, 2.75) is 6.42 Å². The fourth-order valence-electron chi connectivity index (χ4n) is 1.21. The van der Waals surface area contributed by atoms with Crippen LogP contribution in [0.3, 0.4) is 0 Å². The summed E-state index contributed by atoms with van der Waals surface area (Å²) in [4.78, 5) is 11.1. The molecule has 1 heterocycles. The molecular weight excluding hydrogens is 216 g/mol. The zero-order valence-corrected chi connectivity index (χ0v) is 8.62. The Labute approximate surface area is 91.9 Å². The SMILES string of the molecule is O=C1OCC/C1=N/Nc1ccccc1Cl. The molecule has 0 saturated carbocycles. The maximum absolute atomic E-state index is 11.1. The standard InChI is InChI=1S/C10H9ClN2O2/c11-7-3-1-2-4-8(7)12-13-9-5-6-15-10(9)14/h1-4,12H,5-6H2/b13-9-. The lowest BCUT2D eigenvalue weighted by Crippen LogP contribution is -2.08. The number of ether oxygens (including phenoxy) is 1. The largest absolute Gasteiger partial charge is 0.461 e. The molecule has 4 nitrogen and oxygen atoms in total. The van der Waals surface area contributed by atoms with Gasteiger partial charge in [0.25, 0.3) is 0 Å². The Bertz CT molecular complexity index is 418. The van der Waals surface area contributed by atoms with Gasteiger partial charge >= 0.3 is 5.97 Å². The lowest BCUT2D eigenvalue weighted by atomic mass is 10.3. The summed E-state index contributed by atoms with van der Waals surface area (Å²) in [5.74, 6) is -0.366. The monoisotopic (exact) mass is 224 g/mol. The number of carbonyl (C=O) groups is 1. The van der Waals surface area contributed by atoms with Crippen molar-refractivity contribution in [1.82, 2.24) is 0 Å². The summed E-state index contributed by atoms with van der Waals surface area (Å²) in [6, 6.07) is 7.19. The zero-order valence-electron chi connectivity index (χ0n) is 7.87. The maximum atomic E-state index is 11.1. The topological polar surface area (TPSA) is 50.7 Å². The van der Waals surface area contributed by atoms with Crippen LogP contribution in [-0.2, 0) is 9.53 Å².